The smallest absolute Gasteiger partial charge is 0.204 e. The van der Waals surface area contributed by atoms with E-state index in [4.69, 9.17) is 33.2 Å². The third-order valence-corrected chi connectivity index (χ3v) is 16.5. The molecule has 7 nitrogen and oxygen atoms in total. The number of ether oxygens (including phenoxy) is 7. The largest absolute Gasteiger partial charge is 0.490 e. The van der Waals surface area contributed by atoms with Crippen LogP contribution in [0.2, 0.25) is 0 Å². The number of hydrogen-bond acceptors (Lipinski definition) is 7. The lowest BCUT2D eigenvalue weighted by Crippen LogP contribution is -2.08. The molecule has 0 unspecified atom stereocenters. The summed E-state index contributed by atoms with van der Waals surface area (Å²) < 4.78 is 48.7. The fraction of sp³-hybridized carbons (Fsp3) is 0.757. The first kappa shape index (κ1) is 69.8. The molecule has 0 aliphatic carbocycles. The van der Waals surface area contributed by atoms with Crippen LogP contribution in [0, 0.1) is 0 Å². The summed E-state index contributed by atoms with van der Waals surface area (Å²) >= 11 is 0. The first-order chi connectivity index (χ1) is 40.1. The molecule has 0 aliphatic heterocycles. The highest BCUT2D eigenvalue weighted by atomic mass is 16.5. The van der Waals surface area contributed by atoms with Crippen molar-refractivity contribution in [3.8, 4) is 40.2 Å². The second-order valence-corrected chi connectivity index (χ2v) is 24.0. The summed E-state index contributed by atoms with van der Waals surface area (Å²) in [7, 11) is 0. The molecule has 0 amide bonds. The predicted molar refractivity (Wildman–Crippen MR) is 351 cm³/mol. The fourth-order valence-corrected chi connectivity index (χ4v) is 11.4. The van der Waals surface area contributed by atoms with Crippen LogP contribution in [-0.2, 0) is 0 Å². The van der Waals surface area contributed by atoms with Crippen LogP contribution in [0.4, 0.5) is 0 Å². The van der Waals surface area contributed by atoms with Gasteiger partial charge in [0.15, 0.2) is 34.5 Å². The first-order valence-corrected chi connectivity index (χ1v) is 35.0. The second kappa shape index (κ2) is 46.6. The van der Waals surface area contributed by atoms with Gasteiger partial charge in [-0.15, -0.1) is 0 Å². The molecule has 0 N–H and O–H groups in total. The number of rotatable bonds is 56. The Kier molecular flexibility index (Phi) is 40.1. The van der Waals surface area contributed by atoms with E-state index in [1.54, 1.807) is 0 Å². The third kappa shape index (κ3) is 27.7. The molecule has 0 saturated carbocycles. The van der Waals surface area contributed by atoms with Crippen LogP contribution in [0.1, 0.15) is 318 Å². The van der Waals surface area contributed by atoms with E-state index in [2.05, 4.69) is 78.8 Å². The monoisotopic (exact) mass is 1120 g/mol. The third-order valence-electron chi connectivity index (χ3n) is 16.5. The summed E-state index contributed by atoms with van der Waals surface area (Å²) in [5.41, 5.74) is 0. The summed E-state index contributed by atoms with van der Waals surface area (Å²) in [5.74, 6) is 5.49. The van der Waals surface area contributed by atoms with E-state index in [9.17, 15) is 0 Å². The Morgan fingerprint density at radius 1 is 0.185 bits per heavy atom. The van der Waals surface area contributed by atoms with Gasteiger partial charge in [-0.1, -0.05) is 273 Å². The Labute approximate surface area is 498 Å². The van der Waals surface area contributed by atoms with Gasteiger partial charge in [-0.2, -0.15) is 0 Å². The first-order valence-electron chi connectivity index (χ1n) is 35.0. The Balaban J connectivity index is 1.92. The molecule has 4 aromatic rings. The minimum absolute atomic E-state index is 0.608. The topological polar surface area (TPSA) is 64.6 Å². The summed E-state index contributed by atoms with van der Waals surface area (Å²) in [6.07, 6.45) is 51.4. The molecule has 0 spiro atoms. The molecule has 4 rings (SSSR count). The minimum Gasteiger partial charge on any atom is -0.490 e. The minimum atomic E-state index is 0.608. The number of fused-ring (bicyclic) bond motifs is 6. The lowest BCUT2D eigenvalue weighted by molar-refractivity contribution is 0.236. The van der Waals surface area contributed by atoms with Crippen LogP contribution in [0.25, 0.3) is 32.3 Å². The average molecular weight is 1130 g/mol. The van der Waals surface area contributed by atoms with Crippen molar-refractivity contribution >= 4 is 32.3 Å². The standard InChI is InChI=1S/C74H124O7/c1-8-15-22-25-28-31-34-37-40-47-54-79-71-61-66-64-59-68(76-51-44-19-12-5)67(75-50-43-18-11-4)57-62(64)63-58-69(77-52-45-20-13-6)70(78-53-46-21-14-7)60-65(63)72(66)74(81-56-49-42-39-36-33-30-27-24-17-10-3)73(71)80-55-48-41-38-35-32-29-26-23-16-9-2/h57-61H,8-56H2,1-7H3. The summed E-state index contributed by atoms with van der Waals surface area (Å²) in [5, 5.41) is 6.46. The average Bonchev–Trinajstić information content (AvgIpc) is 3.56. The van der Waals surface area contributed by atoms with Crippen molar-refractivity contribution in [1.29, 1.82) is 0 Å². The highest BCUT2D eigenvalue weighted by Gasteiger charge is 2.26. The van der Waals surface area contributed by atoms with Crippen molar-refractivity contribution in [2.24, 2.45) is 0 Å². The van der Waals surface area contributed by atoms with Crippen molar-refractivity contribution in [2.45, 2.75) is 318 Å². The zero-order valence-electron chi connectivity index (χ0n) is 53.9. The van der Waals surface area contributed by atoms with Gasteiger partial charge in [0.25, 0.3) is 0 Å². The zero-order valence-corrected chi connectivity index (χ0v) is 53.9. The Bertz CT molecular complexity index is 2160. The van der Waals surface area contributed by atoms with E-state index in [0.717, 1.165) is 188 Å². The fourth-order valence-electron chi connectivity index (χ4n) is 11.4. The van der Waals surface area contributed by atoms with Gasteiger partial charge in [-0.05, 0) is 102 Å². The molecule has 462 valence electrons. The number of unbranched alkanes of at least 4 members (excludes halogenated alkanes) is 35. The molecule has 0 heterocycles. The van der Waals surface area contributed by atoms with Gasteiger partial charge >= 0.3 is 0 Å². The maximum absolute atomic E-state index is 7.34. The molecule has 0 fully saturated rings. The molecule has 81 heavy (non-hydrogen) atoms. The Morgan fingerprint density at radius 3 is 0.667 bits per heavy atom. The van der Waals surface area contributed by atoms with Crippen molar-refractivity contribution in [3.63, 3.8) is 0 Å². The van der Waals surface area contributed by atoms with Gasteiger partial charge in [0.05, 0.1) is 46.2 Å². The van der Waals surface area contributed by atoms with Crippen molar-refractivity contribution in [3.05, 3.63) is 30.3 Å². The normalized spacial score (nSPS) is 11.6. The van der Waals surface area contributed by atoms with Crippen LogP contribution in [-0.4, -0.2) is 46.2 Å². The highest BCUT2D eigenvalue weighted by molar-refractivity contribution is 6.28. The van der Waals surface area contributed by atoms with Crippen LogP contribution in [0.3, 0.4) is 0 Å². The molecule has 0 radical (unpaired) electrons. The van der Waals surface area contributed by atoms with E-state index in [1.807, 2.05) is 0 Å². The maximum Gasteiger partial charge on any atom is 0.204 e. The van der Waals surface area contributed by atoms with Crippen LogP contribution < -0.4 is 33.2 Å². The molecule has 0 saturated heterocycles. The van der Waals surface area contributed by atoms with Gasteiger partial charge in [-0.3, -0.25) is 0 Å². The summed E-state index contributed by atoms with van der Waals surface area (Å²) in [4.78, 5) is 0. The molecule has 7 heteroatoms. The van der Waals surface area contributed by atoms with Gasteiger partial charge in [0.2, 0.25) is 5.75 Å². The van der Waals surface area contributed by atoms with Crippen LogP contribution in [0.5, 0.6) is 40.2 Å². The zero-order chi connectivity index (χ0) is 57.6. The van der Waals surface area contributed by atoms with E-state index in [-0.39, 0.29) is 0 Å². The number of benzene rings is 4. The summed E-state index contributed by atoms with van der Waals surface area (Å²) in [6.45, 7) is 20.3. The van der Waals surface area contributed by atoms with Crippen LogP contribution >= 0.6 is 0 Å². The van der Waals surface area contributed by atoms with E-state index >= 15 is 0 Å². The van der Waals surface area contributed by atoms with Gasteiger partial charge in [0, 0.05) is 5.39 Å². The van der Waals surface area contributed by atoms with Crippen LogP contribution in [0.15, 0.2) is 30.3 Å². The van der Waals surface area contributed by atoms with Crippen molar-refractivity contribution in [1.82, 2.24) is 0 Å². The lowest BCUT2D eigenvalue weighted by atomic mass is 9.92. The Hall–Kier alpha value is -3.74. The van der Waals surface area contributed by atoms with Gasteiger partial charge < -0.3 is 33.2 Å². The molecular weight excluding hydrogens is 1000 g/mol. The van der Waals surface area contributed by atoms with E-state index < -0.39 is 0 Å². The molecule has 0 aliphatic rings. The Morgan fingerprint density at radius 2 is 0.370 bits per heavy atom. The maximum atomic E-state index is 7.34. The molecule has 4 aromatic carbocycles. The molecule has 0 atom stereocenters. The van der Waals surface area contributed by atoms with E-state index in [0.29, 0.717) is 46.2 Å². The lowest BCUT2D eigenvalue weighted by Gasteiger charge is -2.23. The van der Waals surface area contributed by atoms with Crippen molar-refractivity contribution < 1.29 is 33.2 Å². The predicted octanol–water partition coefficient (Wildman–Crippen LogP) is 24.3. The van der Waals surface area contributed by atoms with Gasteiger partial charge in [-0.25, -0.2) is 0 Å². The summed E-state index contributed by atoms with van der Waals surface area (Å²) in [6, 6.07) is 11.3. The molecule has 0 aromatic heterocycles. The van der Waals surface area contributed by atoms with Gasteiger partial charge in [0.1, 0.15) is 0 Å². The molecule has 0 bridgehead atoms. The SMILES string of the molecule is CCCCCCCCCCCCOc1cc2c3cc(OCCCCC)c(OCCCCC)cc3c3cc(OCCCCC)c(OCCCCC)cc3c2c(OCCCCCCCCCCCC)c1OCCCCCCCCCCCC. The molecular formula is C74H124O7. The van der Waals surface area contributed by atoms with Crippen molar-refractivity contribution in [2.75, 3.05) is 46.2 Å². The number of hydrogen-bond donors (Lipinski definition) is 0. The second-order valence-electron chi connectivity index (χ2n) is 24.0. The quantitative estimate of drug-likeness (QED) is 0.0322. The van der Waals surface area contributed by atoms with E-state index in [1.165, 1.54) is 154 Å². The highest BCUT2D eigenvalue weighted by Crippen LogP contribution is 2.52.